The molecule has 1 aromatic carbocycles. The van der Waals surface area contributed by atoms with Crippen molar-refractivity contribution in [2.24, 2.45) is 5.92 Å². The summed E-state index contributed by atoms with van der Waals surface area (Å²) in [4.78, 5) is 0. The number of halogens is 1. The fourth-order valence-electron chi connectivity index (χ4n) is 2.07. The third-order valence-electron chi connectivity index (χ3n) is 3.04. The van der Waals surface area contributed by atoms with E-state index in [2.05, 4.69) is 57.4 Å². The van der Waals surface area contributed by atoms with Gasteiger partial charge in [0.15, 0.2) is 0 Å². The van der Waals surface area contributed by atoms with Gasteiger partial charge in [0.2, 0.25) is 0 Å². The van der Waals surface area contributed by atoms with Crippen LogP contribution in [0.1, 0.15) is 46.2 Å². The van der Waals surface area contributed by atoms with E-state index in [-0.39, 0.29) is 5.54 Å². The van der Waals surface area contributed by atoms with E-state index in [1.807, 2.05) is 12.1 Å². The third-order valence-corrected chi connectivity index (χ3v) is 3.29. The predicted octanol–water partition coefficient (Wildman–Crippen LogP) is 4.01. The summed E-state index contributed by atoms with van der Waals surface area (Å²) in [6.45, 7) is 13.0. The molecule has 2 N–H and O–H groups in total. The molecule has 1 atom stereocenters. The fraction of sp³-hybridized carbons (Fsp3) is 0.625. The molecule has 0 bridgehead atoms. The van der Waals surface area contributed by atoms with Gasteiger partial charge in [0, 0.05) is 29.7 Å². The van der Waals surface area contributed by atoms with Gasteiger partial charge >= 0.3 is 0 Å². The number of hydrogen-bond donors (Lipinski definition) is 2. The Labute approximate surface area is 122 Å². The summed E-state index contributed by atoms with van der Waals surface area (Å²) < 4.78 is 0. The molecule has 0 aliphatic heterocycles. The molecule has 1 rings (SSSR count). The van der Waals surface area contributed by atoms with Crippen molar-refractivity contribution in [1.82, 2.24) is 10.6 Å². The van der Waals surface area contributed by atoms with Crippen LogP contribution in [-0.2, 0) is 0 Å². The zero-order chi connectivity index (χ0) is 14.5. The van der Waals surface area contributed by atoms with Crippen molar-refractivity contribution in [2.45, 2.75) is 46.2 Å². The first-order chi connectivity index (χ1) is 8.79. The van der Waals surface area contributed by atoms with E-state index in [0.29, 0.717) is 12.0 Å². The molecular weight excluding hydrogens is 256 g/mol. The van der Waals surface area contributed by atoms with Gasteiger partial charge in [-0.2, -0.15) is 0 Å². The minimum Gasteiger partial charge on any atom is -0.311 e. The summed E-state index contributed by atoms with van der Waals surface area (Å²) in [6, 6.07) is 8.51. The van der Waals surface area contributed by atoms with Crippen LogP contribution < -0.4 is 10.6 Å². The second kappa shape index (κ2) is 7.28. The Kier molecular flexibility index (Phi) is 6.31. The summed E-state index contributed by atoms with van der Waals surface area (Å²) in [6.07, 6.45) is 0. The monoisotopic (exact) mass is 282 g/mol. The first-order valence-corrected chi connectivity index (χ1v) is 7.41. The maximum Gasteiger partial charge on any atom is 0.0406 e. The molecule has 0 aliphatic carbocycles. The lowest BCUT2D eigenvalue weighted by molar-refractivity contribution is 0.379. The first kappa shape index (κ1) is 16.5. The lowest BCUT2D eigenvalue weighted by Gasteiger charge is -2.25. The molecule has 0 saturated heterocycles. The van der Waals surface area contributed by atoms with Crippen LogP contribution >= 0.6 is 11.6 Å². The summed E-state index contributed by atoms with van der Waals surface area (Å²) >= 11 is 5.94. The molecule has 1 unspecified atom stereocenters. The zero-order valence-corrected chi connectivity index (χ0v) is 13.5. The Balaban J connectivity index is 2.52. The Bertz CT molecular complexity index is 365. The van der Waals surface area contributed by atoms with Crippen LogP contribution in [0.5, 0.6) is 0 Å². The highest BCUT2D eigenvalue weighted by atomic mass is 35.5. The molecule has 1 aromatic rings. The van der Waals surface area contributed by atoms with Crippen LogP contribution in [0, 0.1) is 5.92 Å². The van der Waals surface area contributed by atoms with Gasteiger partial charge in [-0.1, -0.05) is 37.6 Å². The maximum atomic E-state index is 5.94. The average Bonchev–Trinajstić information content (AvgIpc) is 2.29. The van der Waals surface area contributed by atoms with E-state index >= 15 is 0 Å². The molecule has 0 saturated carbocycles. The first-order valence-electron chi connectivity index (χ1n) is 7.03. The normalized spacial score (nSPS) is 13.8. The van der Waals surface area contributed by atoms with Gasteiger partial charge in [-0.05, 0) is 44.4 Å². The van der Waals surface area contributed by atoms with Crippen LogP contribution in [-0.4, -0.2) is 18.6 Å². The molecule has 0 fully saturated rings. The highest BCUT2D eigenvalue weighted by Gasteiger charge is 2.15. The summed E-state index contributed by atoms with van der Waals surface area (Å²) in [5, 5.41) is 7.91. The largest absolute Gasteiger partial charge is 0.311 e. The van der Waals surface area contributed by atoms with Crippen LogP contribution in [0.25, 0.3) is 0 Å². The Morgan fingerprint density at radius 3 is 2.11 bits per heavy atom. The molecule has 0 amide bonds. The van der Waals surface area contributed by atoms with Gasteiger partial charge in [-0.25, -0.2) is 0 Å². The van der Waals surface area contributed by atoms with E-state index in [1.54, 1.807) is 0 Å². The third kappa shape index (κ3) is 6.42. The molecule has 0 aliphatic rings. The van der Waals surface area contributed by atoms with E-state index in [1.165, 1.54) is 5.56 Å². The lowest BCUT2D eigenvalue weighted by Crippen LogP contribution is -2.41. The van der Waals surface area contributed by atoms with E-state index in [0.717, 1.165) is 18.1 Å². The van der Waals surface area contributed by atoms with Crippen molar-refractivity contribution in [3.63, 3.8) is 0 Å². The minimum atomic E-state index is 0.176. The van der Waals surface area contributed by atoms with Crippen LogP contribution in [0.4, 0.5) is 0 Å². The van der Waals surface area contributed by atoms with Gasteiger partial charge in [0.1, 0.15) is 0 Å². The molecule has 0 heterocycles. The van der Waals surface area contributed by atoms with E-state index in [9.17, 15) is 0 Å². The molecular formula is C16H27ClN2. The highest BCUT2D eigenvalue weighted by molar-refractivity contribution is 6.30. The quantitative estimate of drug-likeness (QED) is 0.770. The molecule has 3 heteroatoms. The van der Waals surface area contributed by atoms with Gasteiger partial charge in [0.05, 0.1) is 0 Å². The minimum absolute atomic E-state index is 0.176. The van der Waals surface area contributed by atoms with Crippen molar-refractivity contribution in [3.8, 4) is 0 Å². The van der Waals surface area contributed by atoms with Gasteiger partial charge in [-0.3, -0.25) is 0 Å². The van der Waals surface area contributed by atoms with Gasteiger partial charge in [0.25, 0.3) is 0 Å². The molecule has 0 radical (unpaired) electrons. The summed E-state index contributed by atoms with van der Waals surface area (Å²) in [5.74, 6) is 0.552. The molecule has 19 heavy (non-hydrogen) atoms. The zero-order valence-electron chi connectivity index (χ0n) is 12.8. The summed E-state index contributed by atoms with van der Waals surface area (Å²) in [7, 11) is 0. The Hall–Kier alpha value is -0.570. The van der Waals surface area contributed by atoms with Crippen molar-refractivity contribution in [3.05, 3.63) is 34.9 Å². The number of nitrogens with one attached hydrogen (secondary N) is 2. The van der Waals surface area contributed by atoms with E-state index in [4.69, 9.17) is 11.6 Å². The van der Waals surface area contributed by atoms with E-state index < -0.39 is 0 Å². The SMILES string of the molecule is CC(C)C(NCCNC(C)(C)C)c1ccc(Cl)cc1. The maximum absolute atomic E-state index is 5.94. The van der Waals surface area contributed by atoms with Crippen molar-refractivity contribution in [2.75, 3.05) is 13.1 Å². The van der Waals surface area contributed by atoms with Crippen molar-refractivity contribution in [1.29, 1.82) is 0 Å². The van der Waals surface area contributed by atoms with Crippen LogP contribution in [0.3, 0.4) is 0 Å². The van der Waals surface area contributed by atoms with Crippen LogP contribution in [0.15, 0.2) is 24.3 Å². The topological polar surface area (TPSA) is 24.1 Å². The highest BCUT2D eigenvalue weighted by Crippen LogP contribution is 2.22. The Morgan fingerprint density at radius 2 is 1.63 bits per heavy atom. The molecule has 0 aromatic heterocycles. The standard InChI is InChI=1S/C16H27ClN2/c1-12(2)15(13-6-8-14(17)9-7-13)18-10-11-19-16(3,4)5/h6-9,12,15,18-19H,10-11H2,1-5H3. The second-order valence-corrected chi connectivity index (χ2v) is 6.84. The van der Waals surface area contributed by atoms with Crippen LogP contribution in [0.2, 0.25) is 5.02 Å². The lowest BCUT2D eigenvalue weighted by atomic mass is 9.96. The molecule has 2 nitrogen and oxygen atoms in total. The number of benzene rings is 1. The molecule has 108 valence electrons. The van der Waals surface area contributed by atoms with Crippen molar-refractivity contribution < 1.29 is 0 Å². The van der Waals surface area contributed by atoms with Gasteiger partial charge < -0.3 is 10.6 Å². The van der Waals surface area contributed by atoms with Gasteiger partial charge in [-0.15, -0.1) is 0 Å². The predicted molar refractivity (Wildman–Crippen MR) is 84.8 cm³/mol. The Morgan fingerprint density at radius 1 is 1.05 bits per heavy atom. The number of rotatable bonds is 6. The average molecular weight is 283 g/mol. The smallest absolute Gasteiger partial charge is 0.0406 e. The number of hydrogen-bond acceptors (Lipinski definition) is 2. The fourth-order valence-corrected chi connectivity index (χ4v) is 2.20. The summed E-state index contributed by atoms with van der Waals surface area (Å²) in [5.41, 5.74) is 1.48. The molecule has 0 spiro atoms. The van der Waals surface area contributed by atoms with Crippen molar-refractivity contribution >= 4 is 11.6 Å². The second-order valence-electron chi connectivity index (χ2n) is 6.40.